The third kappa shape index (κ3) is 7.51. The number of nitrogens with one attached hydrogen (secondary N) is 1. The second kappa shape index (κ2) is 10.9. The number of benzene rings is 2. The standard InChI is InChI=1S/C28H38N2O4/c1-27(2,3)34-26(32)30-19-22(18-28(30,4)5)16-17-24(23-14-10-7-11-15-23)29-25(31)33-20-21-12-8-6-9-13-21/h6-15,22,24H,16-20H2,1-5H3,(H,29,31). The first kappa shape index (κ1) is 25.6. The molecule has 0 bridgehead atoms. The molecule has 2 unspecified atom stereocenters. The van der Waals surface area contributed by atoms with Crippen LogP contribution in [0.2, 0.25) is 0 Å². The summed E-state index contributed by atoms with van der Waals surface area (Å²) < 4.78 is 11.1. The number of carbonyl (C=O) groups is 2. The fourth-order valence-corrected chi connectivity index (χ4v) is 4.54. The van der Waals surface area contributed by atoms with Gasteiger partial charge in [0, 0.05) is 12.1 Å². The van der Waals surface area contributed by atoms with Crippen molar-refractivity contribution < 1.29 is 19.1 Å². The average Bonchev–Trinajstić information content (AvgIpc) is 3.09. The largest absolute Gasteiger partial charge is 0.445 e. The lowest BCUT2D eigenvalue weighted by atomic mass is 9.90. The molecule has 3 rings (SSSR count). The summed E-state index contributed by atoms with van der Waals surface area (Å²) in [6, 6.07) is 19.4. The Balaban J connectivity index is 1.60. The fraction of sp³-hybridized carbons (Fsp3) is 0.500. The number of hydrogen-bond acceptors (Lipinski definition) is 4. The van der Waals surface area contributed by atoms with Crippen molar-refractivity contribution in [2.75, 3.05) is 6.54 Å². The zero-order valence-electron chi connectivity index (χ0n) is 21.0. The lowest BCUT2D eigenvalue weighted by Crippen LogP contribution is -2.45. The van der Waals surface area contributed by atoms with E-state index in [2.05, 4.69) is 19.2 Å². The van der Waals surface area contributed by atoms with Crippen LogP contribution >= 0.6 is 0 Å². The van der Waals surface area contributed by atoms with Crippen LogP contribution < -0.4 is 5.32 Å². The normalized spacial score (nSPS) is 18.3. The summed E-state index contributed by atoms with van der Waals surface area (Å²) in [5, 5.41) is 3.05. The number of alkyl carbamates (subject to hydrolysis) is 1. The van der Waals surface area contributed by atoms with Gasteiger partial charge in [0.1, 0.15) is 12.2 Å². The van der Waals surface area contributed by atoms with Crippen LogP contribution in [0.5, 0.6) is 0 Å². The van der Waals surface area contributed by atoms with Crippen molar-refractivity contribution in [3.05, 3.63) is 71.8 Å². The van der Waals surface area contributed by atoms with E-state index in [1.807, 2.05) is 86.3 Å². The van der Waals surface area contributed by atoms with Crippen molar-refractivity contribution in [2.24, 2.45) is 5.92 Å². The lowest BCUT2D eigenvalue weighted by Gasteiger charge is -2.33. The molecule has 1 fully saturated rings. The molecule has 0 spiro atoms. The van der Waals surface area contributed by atoms with Crippen LogP contribution in [0.3, 0.4) is 0 Å². The molecular weight excluding hydrogens is 428 g/mol. The Kier molecular flexibility index (Phi) is 8.24. The van der Waals surface area contributed by atoms with E-state index in [0.29, 0.717) is 12.5 Å². The number of amides is 2. The van der Waals surface area contributed by atoms with Crippen LogP contribution in [0.25, 0.3) is 0 Å². The maximum atomic E-state index is 12.7. The molecule has 1 aliphatic rings. The molecular formula is C28H38N2O4. The first-order valence-corrected chi connectivity index (χ1v) is 12.1. The minimum atomic E-state index is -0.520. The summed E-state index contributed by atoms with van der Waals surface area (Å²) in [6.07, 6.45) is 1.84. The Hall–Kier alpha value is -3.02. The molecule has 2 aromatic rings. The maximum Gasteiger partial charge on any atom is 0.410 e. The molecule has 1 saturated heterocycles. The van der Waals surface area contributed by atoms with Gasteiger partial charge in [-0.2, -0.15) is 0 Å². The zero-order valence-corrected chi connectivity index (χ0v) is 21.0. The van der Waals surface area contributed by atoms with Gasteiger partial charge in [0.15, 0.2) is 0 Å². The number of ether oxygens (including phenoxy) is 2. The van der Waals surface area contributed by atoms with E-state index in [1.54, 1.807) is 0 Å². The van der Waals surface area contributed by atoms with E-state index in [9.17, 15) is 9.59 Å². The van der Waals surface area contributed by atoms with E-state index in [4.69, 9.17) is 9.47 Å². The molecule has 34 heavy (non-hydrogen) atoms. The summed E-state index contributed by atoms with van der Waals surface area (Å²) >= 11 is 0. The van der Waals surface area contributed by atoms with E-state index in [0.717, 1.165) is 30.4 Å². The second-order valence-corrected chi connectivity index (χ2v) is 10.7. The van der Waals surface area contributed by atoms with Gasteiger partial charge in [-0.15, -0.1) is 0 Å². The maximum absolute atomic E-state index is 12.7. The highest BCUT2D eigenvalue weighted by Crippen LogP contribution is 2.37. The van der Waals surface area contributed by atoms with Crippen LogP contribution in [0.1, 0.15) is 71.0 Å². The van der Waals surface area contributed by atoms with E-state index < -0.39 is 11.7 Å². The number of rotatable bonds is 7. The van der Waals surface area contributed by atoms with Gasteiger partial charge in [0.25, 0.3) is 0 Å². The minimum absolute atomic E-state index is 0.164. The van der Waals surface area contributed by atoms with Gasteiger partial charge in [-0.25, -0.2) is 9.59 Å². The van der Waals surface area contributed by atoms with Gasteiger partial charge in [0.05, 0.1) is 6.04 Å². The van der Waals surface area contributed by atoms with Crippen LogP contribution in [0.15, 0.2) is 60.7 Å². The highest BCUT2D eigenvalue weighted by atomic mass is 16.6. The van der Waals surface area contributed by atoms with Crippen LogP contribution in [-0.2, 0) is 16.1 Å². The van der Waals surface area contributed by atoms with Crippen LogP contribution in [0.4, 0.5) is 9.59 Å². The van der Waals surface area contributed by atoms with Crippen molar-refractivity contribution >= 4 is 12.2 Å². The Bertz CT molecular complexity index is 938. The minimum Gasteiger partial charge on any atom is -0.445 e. The molecule has 0 radical (unpaired) electrons. The van der Waals surface area contributed by atoms with E-state index in [-0.39, 0.29) is 24.3 Å². The van der Waals surface area contributed by atoms with Gasteiger partial charge in [-0.1, -0.05) is 60.7 Å². The molecule has 184 valence electrons. The Morgan fingerprint density at radius 2 is 1.68 bits per heavy atom. The van der Waals surface area contributed by atoms with Crippen LogP contribution in [0, 0.1) is 5.92 Å². The van der Waals surface area contributed by atoms with E-state index >= 15 is 0 Å². The predicted octanol–water partition coefficient (Wildman–Crippen LogP) is 6.47. The molecule has 1 heterocycles. The summed E-state index contributed by atoms with van der Waals surface area (Å²) in [6.45, 7) is 10.7. The lowest BCUT2D eigenvalue weighted by molar-refractivity contribution is 0.0130. The topological polar surface area (TPSA) is 67.9 Å². The summed E-state index contributed by atoms with van der Waals surface area (Å²) in [4.78, 5) is 27.2. The molecule has 0 aromatic heterocycles. The molecule has 1 aliphatic heterocycles. The van der Waals surface area contributed by atoms with Crippen molar-refractivity contribution in [1.29, 1.82) is 0 Å². The van der Waals surface area contributed by atoms with Gasteiger partial charge in [-0.05, 0) is 70.9 Å². The third-order valence-electron chi connectivity index (χ3n) is 6.14. The number of hydrogen-bond donors (Lipinski definition) is 1. The molecule has 2 amide bonds. The van der Waals surface area contributed by atoms with Gasteiger partial charge in [-0.3, -0.25) is 0 Å². The molecule has 0 aliphatic carbocycles. The molecule has 2 aromatic carbocycles. The summed E-state index contributed by atoms with van der Waals surface area (Å²) in [5.74, 6) is 0.330. The van der Waals surface area contributed by atoms with Crippen molar-refractivity contribution in [3.63, 3.8) is 0 Å². The van der Waals surface area contributed by atoms with Crippen molar-refractivity contribution in [3.8, 4) is 0 Å². The van der Waals surface area contributed by atoms with Gasteiger partial charge >= 0.3 is 12.2 Å². The van der Waals surface area contributed by atoms with Gasteiger partial charge < -0.3 is 19.7 Å². The Morgan fingerprint density at radius 3 is 2.29 bits per heavy atom. The van der Waals surface area contributed by atoms with E-state index in [1.165, 1.54) is 0 Å². The van der Waals surface area contributed by atoms with Gasteiger partial charge in [0.2, 0.25) is 0 Å². The smallest absolute Gasteiger partial charge is 0.410 e. The van der Waals surface area contributed by atoms with Crippen LogP contribution in [-0.4, -0.2) is 34.8 Å². The Morgan fingerprint density at radius 1 is 1.06 bits per heavy atom. The zero-order chi connectivity index (χ0) is 24.8. The molecule has 1 N–H and O–H groups in total. The first-order chi connectivity index (χ1) is 16.0. The average molecular weight is 467 g/mol. The highest BCUT2D eigenvalue weighted by Gasteiger charge is 2.42. The van der Waals surface area contributed by atoms with Crippen molar-refractivity contribution in [1.82, 2.24) is 10.2 Å². The highest BCUT2D eigenvalue weighted by molar-refractivity contribution is 5.69. The summed E-state index contributed by atoms with van der Waals surface area (Å²) in [7, 11) is 0. The molecule has 2 atom stereocenters. The third-order valence-corrected chi connectivity index (χ3v) is 6.14. The van der Waals surface area contributed by atoms with Crippen molar-refractivity contribution in [2.45, 2.75) is 77.7 Å². The summed E-state index contributed by atoms with van der Waals surface area (Å²) in [5.41, 5.74) is 1.20. The molecule has 6 heteroatoms. The fourth-order valence-electron chi connectivity index (χ4n) is 4.54. The molecule has 6 nitrogen and oxygen atoms in total. The number of carbonyl (C=O) groups excluding carboxylic acids is 2. The number of nitrogens with zero attached hydrogens (tertiary/aromatic N) is 1. The quantitative estimate of drug-likeness (QED) is 0.508. The first-order valence-electron chi connectivity index (χ1n) is 12.1. The predicted molar refractivity (Wildman–Crippen MR) is 133 cm³/mol. The second-order valence-electron chi connectivity index (χ2n) is 10.7. The molecule has 0 saturated carbocycles. The number of likely N-dealkylation sites (tertiary alicyclic amines) is 1. The Labute approximate surface area is 203 Å². The monoisotopic (exact) mass is 466 g/mol. The SMILES string of the molecule is CC(C)(C)OC(=O)N1CC(CCC(NC(=O)OCc2ccccc2)c2ccccc2)CC1(C)C.